The number of anilines is 1. The number of aromatic nitrogens is 1. The lowest BCUT2D eigenvalue weighted by Gasteiger charge is -2.16. The molecule has 3 rings (SSSR count). The second-order valence-corrected chi connectivity index (χ2v) is 8.02. The first-order valence-corrected chi connectivity index (χ1v) is 10.8. The minimum absolute atomic E-state index is 0.0594. The van der Waals surface area contributed by atoms with Crippen LogP contribution in [-0.2, 0) is 11.2 Å². The molecular weight excluding hydrogens is 441 g/mol. The van der Waals surface area contributed by atoms with Gasteiger partial charge in [0.2, 0.25) is 5.91 Å². The summed E-state index contributed by atoms with van der Waals surface area (Å²) in [6.45, 7) is 1.01. The fourth-order valence-electron chi connectivity index (χ4n) is 2.69. The van der Waals surface area contributed by atoms with Crippen LogP contribution in [0.1, 0.15) is 22.5 Å². The Morgan fingerprint density at radius 1 is 1.19 bits per heavy atom. The molecule has 2 amide bonds. The Morgan fingerprint density at radius 2 is 1.94 bits per heavy atom. The molecule has 2 aromatic carbocycles. The van der Waals surface area contributed by atoms with Gasteiger partial charge in [0.1, 0.15) is 11.6 Å². The van der Waals surface area contributed by atoms with Crippen molar-refractivity contribution in [2.24, 2.45) is 0 Å². The van der Waals surface area contributed by atoms with Gasteiger partial charge in [-0.2, -0.15) is 0 Å². The summed E-state index contributed by atoms with van der Waals surface area (Å²) >= 11 is 7.02. The van der Waals surface area contributed by atoms with Crippen LogP contribution >= 0.6 is 22.9 Å². The second kappa shape index (κ2) is 10.9. The third-order valence-electron chi connectivity index (χ3n) is 4.37. The Kier molecular flexibility index (Phi) is 7.97. The lowest BCUT2D eigenvalue weighted by Crippen LogP contribution is -2.30. The van der Waals surface area contributed by atoms with E-state index in [4.69, 9.17) is 16.3 Å². The van der Waals surface area contributed by atoms with E-state index in [1.807, 2.05) is 0 Å². The van der Waals surface area contributed by atoms with E-state index < -0.39 is 11.7 Å². The molecule has 0 atom stereocenters. The highest BCUT2D eigenvalue weighted by Gasteiger charge is 2.15. The molecule has 1 N–H and O–H groups in total. The zero-order chi connectivity index (χ0) is 22.2. The van der Waals surface area contributed by atoms with E-state index in [9.17, 15) is 14.0 Å². The minimum atomic E-state index is -0.603. The van der Waals surface area contributed by atoms with E-state index >= 15 is 0 Å². The predicted molar refractivity (Wildman–Crippen MR) is 119 cm³/mol. The van der Waals surface area contributed by atoms with Gasteiger partial charge in [0, 0.05) is 24.0 Å². The summed E-state index contributed by atoms with van der Waals surface area (Å²) in [4.78, 5) is 30.4. The molecule has 1 heterocycles. The molecule has 0 radical (unpaired) electrons. The van der Waals surface area contributed by atoms with Crippen molar-refractivity contribution < 1.29 is 18.7 Å². The highest BCUT2D eigenvalue weighted by molar-refractivity contribution is 7.14. The molecule has 0 aliphatic carbocycles. The van der Waals surface area contributed by atoms with E-state index in [2.05, 4.69) is 10.3 Å². The summed E-state index contributed by atoms with van der Waals surface area (Å²) in [5.41, 5.74) is 0.485. The summed E-state index contributed by atoms with van der Waals surface area (Å²) in [5, 5.41) is 5.23. The van der Waals surface area contributed by atoms with Crippen molar-refractivity contribution in [3.63, 3.8) is 0 Å². The van der Waals surface area contributed by atoms with Gasteiger partial charge in [-0.1, -0.05) is 23.7 Å². The zero-order valence-electron chi connectivity index (χ0n) is 16.8. The van der Waals surface area contributed by atoms with Crippen LogP contribution < -0.4 is 10.1 Å². The average Bonchev–Trinajstić information content (AvgIpc) is 3.19. The summed E-state index contributed by atoms with van der Waals surface area (Å²) in [7, 11) is 1.72. The maximum Gasteiger partial charge on any atom is 0.260 e. The lowest BCUT2D eigenvalue weighted by atomic mass is 10.2. The van der Waals surface area contributed by atoms with Crippen LogP contribution in [0.5, 0.6) is 5.75 Å². The first-order valence-electron chi connectivity index (χ1n) is 9.55. The number of amides is 2. The van der Waals surface area contributed by atoms with Crippen molar-refractivity contribution in [3.8, 4) is 5.75 Å². The Balaban J connectivity index is 1.42. The third-order valence-corrected chi connectivity index (χ3v) is 5.43. The van der Waals surface area contributed by atoms with Crippen molar-refractivity contribution in [2.75, 3.05) is 25.5 Å². The fraction of sp³-hybridized carbons (Fsp3) is 0.227. The molecule has 0 aliphatic rings. The smallest absolute Gasteiger partial charge is 0.260 e. The lowest BCUT2D eigenvalue weighted by molar-refractivity contribution is -0.129. The number of nitrogens with one attached hydrogen (secondary N) is 1. The normalized spacial score (nSPS) is 10.5. The van der Waals surface area contributed by atoms with Gasteiger partial charge in [-0.25, -0.2) is 9.37 Å². The maximum atomic E-state index is 13.7. The number of benzene rings is 2. The molecular formula is C22H21ClFN3O3S. The minimum Gasteiger partial charge on any atom is -0.494 e. The van der Waals surface area contributed by atoms with Gasteiger partial charge in [0.15, 0.2) is 5.13 Å². The number of nitrogens with zero attached hydrogens (tertiary/aromatic N) is 2. The molecule has 0 unspecified atom stereocenters. The predicted octanol–water partition coefficient (Wildman–Crippen LogP) is 4.66. The number of ether oxygens (including phenoxy) is 1. The Labute approximate surface area is 188 Å². The average molecular weight is 462 g/mol. The Bertz CT molecular complexity index is 1040. The van der Waals surface area contributed by atoms with Crippen molar-refractivity contribution in [1.29, 1.82) is 0 Å². The Morgan fingerprint density at radius 3 is 2.68 bits per heavy atom. The van der Waals surface area contributed by atoms with Crippen LogP contribution in [0.25, 0.3) is 0 Å². The van der Waals surface area contributed by atoms with Gasteiger partial charge in [-0.05, 0) is 42.8 Å². The molecule has 6 nitrogen and oxygen atoms in total. The zero-order valence-corrected chi connectivity index (χ0v) is 18.4. The van der Waals surface area contributed by atoms with Crippen molar-refractivity contribution in [1.82, 2.24) is 9.88 Å². The molecule has 0 saturated carbocycles. The number of carbonyl (C=O) groups is 2. The van der Waals surface area contributed by atoms with Gasteiger partial charge in [0.25, 0.3) is 5.91 Å². The van der Waals surface area contributed by atoms with Crippen LogP contribution in [0.4, 0.5) is 9.52 Å². The van der Waals surface area contributed by atoms with Crippen LogP contribution in [0.15, 0.2) is 53.9 Å². The molecule has 0 saturated heterocycles. The third kappa shape index (κ3) is 6.77. The van der Waals surface area contributed by atoms with Gasteiger partial charge in [0.05, 0.1) is 24.3 Å². The molecule has 31 heavy (non-hydrogen) atoms. The summed E-state index contributed by atoms with van der Waals surface area (Å²) < 4.78 is 19.3. The van der Waals surface area contributed by atoms with Crippen molar-refractivity contribution in [3.05, 3.63) is 76.0 Å². The SMILES string of the molecule is CN(CCCOc1ccc(Cl)cc1)C(=O)Cc1csc(NC(=O)c2ccccc2F)n1. The summed E-state index contributed by atoms with van der Waals surface area (Å²) in [6, 6.07) is 12.8. The molecule has 0 spiro atoms. The number of halogens is 2. The van der Waals surface area contributed by atoms with Gasteiger partial charge >= 0.3 is 0 Å². The Hall–Kier alpha value is -2.97. The van der Waals surface area contributed by atoms with Gasteiger partial charge in [-0.15, -0.1) is 11.3 Å². The largest absolute Gasteiger partial charge is 0.494 e. The van der Waals surface area contributed by atoms with Crippen molar-refractivity contribution >= 4 is 39.9 Å². The number of hydrogen-bond acceptors (Lipinski definition) is 5. The molecule has 1 aromatic heterocycles. The first-order chi connectivity index (χ1) is 14.9. The molecule has 0 aliphatic heterocycles. The highest BCUT2D eigenvalue weighted by atomic mass is 35.5. The van der Waals surface area contributed by atoms with E-state index in [1.165, 1.54) is 29.5 Å². The molecule has 9 heteroatoms. The van der Waals surface area contributed by atoms with Crippen LogP contribution in [0.2, 0.25) is 5.02 Å². The number of carbonyl (C=O) groups excluding carboxylic acids is 2. The highest BCUT2D eigenvalue weighted by Crippen LogP contribution is 2.18. The topological polar surface area (TPSA) is 71.5 Å². The van der Waals surface area contributed by atoms with Crippen molar-refractivity contribution in [2.45, 2.75) is 12.8 Å². The van der Waals surface area contributed by atoms with Gasteiger partial charge < -0.3 is 9.64 Å². The second-order valence-electron chi connectivity index (χ2n) is 6.73. The van der Waals surface area contributed by atoms with E-state index in [1.54, 1.807) is 47.7 Å². The molecule has 0 fully saturated rings. The quantitative estimate of drug-likeness (QED) is 0.470. The molecule has 0 bridgehead atoms. The number of likely N-dealkylation sites (N-methyl/N-ethyl adjacent to an activating group) is 1. The number of hydrogen-bond donors (Lipinski definition) is 1. The van der Waals surface area contributed by atoms with E-state index in [0.717, 1.165) is 5.75 Å². The molecule has 162 valence electrons. The van der Waals surface area contributed by atoms with Crippen LogP contribution in [0.3, 0.4) is 0 Å². The maximum absolute atomic E-state index is 13.7. The van der Waals surface area contributed by atoms with Crippen LogP contribution in [0, 0.1) is 5.82 Å². The fourth-order valence-corrected chi connectivity index (χ4v) is 3.52. The van der Waals surface area contributed by atoms with E-state index in [-0.39, 0.29) is 17.9 Å². The standard InChI is InChI=1S/C22H21ClFN3O3S/c1-27(11-4-12-30-17-9-7-15(23)8-10-17)20(28)13-16-14-31-22(25-16)26-21(29)18-5-2-3-6-19(18)24/h2-3,5-10,14H,4,11-13H2,1H3,(H,25,26,29). The summed E-state index contributed by atoms with van der Waals surface area (Å²) in [5.74, 6) is -0.550. The van der Waals surface area contributed by atoms with Gasteiger partial charge in [-0.3, -0.25) is 14.9 Å². The number of rotatable bonds is 9. The molecule has 3 aromatic rings. The van der Waals surface area contributed by atoms with Crippen LogP contribution in [-0.4, -0.2) is 41.9 Å². The summed E-state index contributed by atoms with van der Waals surface area (Å²) in [6.07, 6.45) is 0.784. The van der Waals surface area contributed by atoms with E-state index in [0.29, 0.717) is 35.4 Å². The number of thiazole rings is 1. The monoisotopic (exact) mass is 461 g/mol. The first kappa shape index (κ1) is 22.7.